The van der Waals surface area contributed by atoms with Gasteiger partial charge in [0.25, 0.3) is 0 Å². The Hall–Kier alpha value is -0.930. The zero-order valence-corrected chi connectivity index (χ0v) is 9.78. The van der Waals surface area contributed by atoms with Crippen LogP contribution in [0.5, 0.6) is 0 Å². The largest absolute Gasteiger partial charge is 0.466 e. The van der Waals surface area contributed by atoms with Crippen LogP contribution in [-0.4, -0.2) is 31.9 Å². The van der Waals surface area contributed by atoms with Crippen molar-refractivity contribution < 1.29 is 17.9 Å². The number of carbonyl (C=O) groups excluding carboxylic acids is 1. The fourth-order valence-corrected chi connectivity index (χ4v) is 1.55. The zero-order chi connectivity index (χ0) is 11.9. The summed E-state index contributed by atoms with van der Waals surface area (Å²) in [7, 11) is -3.62. The van der Waals surface area contributed by atoms with Gasteiger partial charge in [-0.2, -0.15) is 0 Å². The molecule has 0 atom stereocenters. The highest BCUT2D eigenvalue weighted by Crippen LogP contribution is 1.91. The number of nitrogens with two attached hydrogens (primary N) is 1. The second-order valence-corrected chi connectivity index (χ2v) is 4.75. The maximum atomic E-state index is 11.1. The van der Waals surface area contributed by atoms with Gasteiger partial charge in [0, 0.05) is 0 Å². The van der Waals surface area contributed by atoms with Crippen LogP contribution < -0.4 is 16.0 Å². The van der Waals surface area contributed by atoms with E-state index >= 15 is 0 Å². The molecule has 0 spiro atoms. The Balaban J connectivity index is 3.94. The monoisotopic (exact) mass is 255 g/mol. The molecule has 0 saturated heterocycles. The lowest BCUT2D eigenvalue weighted by Gasteiger charge is -2.06. The number of sulfonamides is 1. The van der Waals surface area contributed by atoms with Crippen molar-refractivity contribution in [1.82, 2.24) is 10.3 Å². The first-order valence-electron chi connectivity index (χ1n) is 4.08. The average Bonchev–Trinajstić information content (AvgIpc) is 2.13. The average molecular weight is 255 g/mol. The summed E-state index contributed by atoms with van der Waals surface area (Å²) < 4.78 is 26.9. The van der Waals surface area contributed by atoms with Gasteiger partial charge in [-0.1, -0.05) is 0 Å². The van der Waals surface area contributed by atoms with E-state index in [-0.39, 0.29) is 23.9 Å². The second-order valence-electron chi connectivity index (χ2n) is 2.47. The quantitative estimate of drug-likeness (QED) is 0.304. The molecule has 0 bridgehead atoms. The number of hydrogen-bond donors (Lipinski definition) is 3. The van der Waals surface area contributed by atoms with Crippen LogP contribution in [0.4, 0.5) is 0 Å². The first kappa shape index (κ1) is 14.1. The van der Waals surface area contributed by atoms with Crippen LogP contribution in [0.2, 0.25) is 0 Å². The molecular formula is C6H13N3O4S2. The normalized spacial score (nSPS) is 10.7. The molecular weight excluding hydrogens is 242 g/mol. The lowest BCUT2D eigenvalue weighted by Crippen LogP contribution is -2.45. The van der Waals surface area contributed by atoms with E-state index in [9.17, 15) is 13.2 Å². The summed E-state index contributed by atoms with van der Waals surface area (Å²) in [5.41, 5.74) is 7.07. The predicted molar refractivity (Wildman–Crippen MR) is 58.1 cm³/mol. The van der Waals surface area contributed by atoms with Gasteiger partial charge < -0.3 is 10.5 Å². The highest BCUT2D eigenvalue weighted by atomic mass is 32.2. The van der Waals surface area contributed by atoms with Crippen LogP contribution in [0.25, 0.3) is 0 Å². The summed E-state index contributed by atoms with van der Waals surface area (Å²) in [6.45, 7) is 1.86. The molecule has 0 aliphatic carbocycles. The molecule has 4 N–H and O–H groups in total. The molecule has 0 saturated carbocycles. The van der Waals surface area contributed by atoms with Crippen LogP contribution in [0.1, 0.15) is 13.3 Å². The minimum Gasteiger partial charge on any atom is -0.466 e. The number of carbonyl (C=O) groups is 1. The van der Waals surface area contributed by atoms with Crippen LogP contribution >= 0.6 is 12.2 Å². The Morgan fingerprint density at radius 3 is 2.60 bits per heavy atom. The van der Waals surface area contributed by atoms with E-state index in [0.717, 1.165) is 0 Å². The molecule has 0 amide bonds. The molecule has 0 aromatic heterocycles. The van der Waals surface area contributed by atoms with Gasteiger partial charge in [0.15, 0.2) is 5.11 Å². The number of esters is 1. The summed E-state index contributed by atoms with van der Waals surface area (Å²) in [5, 5.41) is -0.199. The van der Waals surface area contributed by atoms with Gasteiger partial charge in [0.05, 0.1) is 18.8 Å². The summed E-state index contributed by atoms with van der Waals surface area (Å²) in [5.74, 6) is -0.959. The molecule has 0 aliphatic rings. The maximum absolute atomic E-state index is 11.1. The Bertz CT molecular complexity index is 327. The van der Waals surface area contributed by atoms with Crippen molar-refractivity contribution in [2.45, 2.75) is 13.3 Å². The number of thiocarbonyl (C=S) groups is 1. The molecule has 0 aliphatic heterocycles. The van der Waals surface area contributed by atoms with Gasteiger partial charge >= 0.3 is 5.97 Å². The minimum atomic E-state index is -3.62. The van der Waals surface area contributed by atoms with Crippen LogP contribution in [-0.2, 0) is 19.6 Å². The summed E-state index contributed by atoms with van der Waals surface area (Å²) in [6, 6.07) is 0. The second kappa shape index (κ2) is 6.53. The van der Waals surface area contributed by atoms with Crippen LogP contribution in [0, 0.1) is 0 Å². The number of hydrogen-bond acceptors (Lipinski definition) is 5. The molecule has 0 rings (SSSR count). The Labute approximate surface area is 93.4 Å². The SMILES string of the molecule is CCOC(=O)CCS(=O)(=O)NNC(N)=S. The Kier molecular flexibility index (Phi) is 6.13. The molecule has 0 radical (unpaired) electrons. The van der Waals surface area contributed by atoms with E-state index in [2.05, 4.69) is 22.4 Å². The standard InChI is InChI=1S/C6H13N3O4S2/c1-2-13-5(10)3-4-15(11,12)9-8-6(7)14/h9H,2-4H2,1H3,(H3,7,8,14). The van der Waals surface area contributed by atoms with Crippen molar-refractivity contribution in [3.05, 3.63) is 0 Å². The topological polar surface area (TPSA) is 111 Å². The van der Waals surface area contributed by atoms with Crippen molar-refractivity contribution >= 4 is 33.3 Å². The molecule has 9 heteroatoms. The van der Waals surface area contributed by atoms with E-state index in [4.69, 9.17) is 5.73 Å². The molecule has 15 heavy (non-hydrogen) atoms. The summed E-state index contributed by atoms with van der Waals surface area (Å²) >= 11 is 4.39. The van der Waals surface area contributed by atoms with E-state index in [0.29, 0.717) is 0 Å². The molecule has 0 aromatic rings. The third-order valence-corrected chi connectivity index (χ3v) is 2.47. The van der Waals surface area contributed by atoms with Gasteiger partial charge in [-0.15, -0.1) is 4.83 Å². The van der Waals surface area contributed by atoms with Gasteiger partial charge in [-0.05, 0) is 19.1 Å². The number of ether oxygens (including phenoxy) is 1. The molecule has 0 fully saturated rings. The number of nitrogens with one attached hydrogen (secondary N) is 2. The van der Waals surface area contributed by atoms with E-state index in [1.807, 2.05) is 4.83 Å². The zero-order valence-electron chi connectivity index (χ0n) is 8.15. The van der Waals surface area contributed by atoms with Crippen LogP contribution in [0.15, 0.2) is 0 Å². The predicted octanol–water partition coefficient (Wildman–Crippen LogP) is -1.39. The maximum Gasteiger partial charge on any atom is 0.306 e. The van der Waals surface area contributed by atoms with Crippen molar-refractivity contribution in [3.8, 4) is 0 Å². The van der Waals surface area contributed by atoms with Crippen molar-refractivity contribution in [1.29, 1.82) is 0 Å². The minimum absolute atomic E-state index is 0.199. The molecule has 88 valence electrons. The third-order valence-electron chi connectivity index (χ3n) is 1.21. The van der Waals surface area contributed by atoms with Crippen LogP contribution in [0.3, 0.4) is 0 Å². The highest BCUT2D eigenvalue weighted by molar-refractivity contribution is 7.89. The first-order valence-corrected chi connectivity index (χ1v) is 6.14. The van der Waals surface area contributed by atoms with E-state index in [1.165, 1.54) is 0 Å². The molecule has 0 heterocycles. The van der Waals surface area contributed by atoms with Gasteiger partial charge in [0.1, 0.15) is 0 Å². The van der Waals surface area contributed by atoms with Crippen molar-refractivity contribution in [2.75, 3.05) is 12.4 Å². The molecule has 0 unspecified atom stereocenters. The summed E-state index contributed by atoms with van der Waals surface area (Å²) in [6.07, 6.45) is -0.220. The smallest absolute Gasteiger partial charge is 0.306 e. The van der Waals surface area contributed by atoms with E-state index < -0.39 is 16.0 Å². The van der Waals surface area contributed by atoms with E-state index in [1.54, 1.807) is 6.92 Å². The van der Waals surface area contributed by atoms with Gasteiger partial charge in [-0.3, -0.25) is 10.2 Å². The van der Waals surface area contributed by atoms with Gasteiger partial charge in [-0.25, -0.2) is 8.42 Å². The number of hydrazine groups is 1. The lowest BCUT2D eigenvalue weighted by atomic mass is 10.5. The highest BCUT2D eigenvalue weighted by Gasteiger charge is 2.13. The summed E-state index contributed by atoms with van der Waals surface area (Å²) in [4.78, 5) is 12.7. The molecule has 7 nitrogen and oxygen atoms in total. The lowest BCUT2D eigenvalue weighted by molar-refractivity contribution is -0.142. The number of rotatable bonds is 6. The fraction of sp³-hybridized carbons (Fsp3) is 0.667. The fourth-order valence-electron chi connectivity index (χ4n) is 0.630. The molecule has 0 aromatic carbocycles. The Morgan fingerprint density at radius 2 is 2.13 bits per heavy atom. The first-order chi connectivity index (χ1) is 6.87. The van der Waals surface area contributed by atoms with Crippen molar-refractivity contribution in [3.63, 3.8) is 0 Å². The third kappa shape index (κ3) is 8.09. The van der Waals surface area contributed by atoms with Crippen molar-refractivity contribution in [2.24, 2.45) is 5.73 Å². The van der Waals surface area contributed by atoms with Gasteiger partial charge in [0.2, 0.25) is 10.0 Å². The Morgan fingerprint density at radius 1 is 1.53 bits per heavy atom.